The molecule has 4 heteroatoms. The molecule has 4 nitrogen and oxygen atoms in total. The zero-order valence-corrected chi connectivity index (χ0v) is 11.3. The number of fused-ring (bicyclic) bond motifs is 1. The molecule has 0 aliphatic heterocycles. The Morgan fingerprint density at radius 1 is 1.39 bits per heavy atom. The summed E-state index contributed by atoms with van der Waals surface area (Å²) in [6, 6.07) is 2.41. The molecule has 2 aromatic heterocycles. The van der Waals surface area contributed by atoms with E-state index >= 15 is 0 Å². The van der Waals surface area contributed by atoms with Gasteiger partial charge in [-0.15, -0.1) is 0 Å². The van der Waals surface area contributed by atoms with Gasteiger partial charge in [-0.2, -0.15) is 4.98 Å². The van der Waals surface area contributed by atoms with Crippen molar-refractivity contribution in [1.82, 2.24) is 9.97 Å². The van der Waals surface area contributed by atoms with Gasteiger partial charge in [0.05, 0.1) is 11.5 Å². The topological polar surface area (TPSA) is 48.2 Å². The molecule has 0 fully saturated rings. The molecule has 2 aromatic rings. The van der Waals surface area contributed by atoms with Crippen LogP contribution >= 0.6 is 0 Å². The van der Waals surface area contributed by atoms with Crippen molar-refractivity contribution in [1.29, 1.82) is 0 Å². The first kappa shape index (κ1) is 12.9. The van der Waals surface area contributed by atoms with E-state index in [0.29, 0.717) is 11.7 Å². The summed E-state index contributed by atoms with van der Waals surface area (Å²) < 4.78 is 11.3. The maximum atomic E-state index is 5.69. The summed E-state index contributed by atoms with van der Waals surface area (Å²) in [5.41, 5.74) is 0.620. The average molecular weight is 248 g/mol. The maximum absolute atomic E-state index is 5.69. The number of aryl methyl sites for hydroxylation is 1. The fourth-order valence-electron chi connectivity index (χ4n) is 1.66. The highest BCUT2D eigenvalue weighted by Crippen LogP contribution is 2.20. The van der Waals surface area contributed by atoms with E-state index in [-0.39, 0.29) is 6.10 Å². The fraction of sp³-hybridized carbons (Fsp3) is 0.571. The predicted octanol–water partition coefficient (Wildman–Crippen LogP) is 3.74. The first-order valence-electron chi connectivity index (χ1n) is 6.65. The van der Waals surface area contributed by atoms with Crippen LogP contribution in [0, 0.1) is 0 Å². The molecule has 0 spiro atoms. The van der Waals surface area contributed by atoms with Crippen LogP contribution in [0.25, 0.3) is 11.1 Å². The number of hydrogen-bond donors (Lipinski definition) is 0. The van der Waals surface area contributed by atoms with Gasteiger partial charge in [0.25, 0.3) is 0 Å². The molecule has 1 unspecified atom stereocenters. The van der Waals surface area contributed by atoms with Crippen molar-refractivity contribution in [2.45, 2.75) is 52.6 Å². The van der Waals surface area contributed by atoms with Gasteiger partial charge in [0.2, 0.25) is 5.71 Å². The van der Waals surface area contributed by atoms with Crippen LogP contribution in [-0.4, -0.2) is 16.1 Å². The third-order valence-corrected chi connectivity index (χ3v) is 2.96. The molecule has 0 aromatic carbocycles. The molecule has 2 heterocycles. The standard InChI is InChI=1S/C14H20N2O2/c1-4-6-7-12-8-11-9-15-14(16-13(11)18-12)17-10(3)5-2/h8-10H,4-7H2,1-3H3. The lowest BCUT2D eigenvalue weighted by Crippen LogP contribution is -2.11. The van der Waals surface area contributed by atoms with Crippen LogP contribution in [-0.2, 0) is 6.42 Å². The van der Waals surface area contributed by atoms with Crippen molar-refractivity contribution in [3.8, 4) is 6.01 Å². The number of aromatic nitrogens is 2. The maximum Gasteiger partial charge on any atom is 0.319 e. The fourth-order valence-corrected chi connectivity index (χ4v) is 1.66. The first-order valence-corrected chi connectivity index (χ1v) is 6.65. The zero-order chi connectivity index (χ0) is 13.0. The molecule has 0 radical (unpaired) electrons. The SMILES string of the molecule is CCCCc1cc2cnc(OC(C)CC)nc2o1. The van der Waals surface area contributed by atoms with Gasteiger partial charge >= 0.3 is 6.01 Å². The Labute approximate surface area is 107 Å². The second-order valence-corrected chi connectivity index (χ2v) is 4.57. The van der Waals surface area contributed by atoms with Gasteiger partial charge < -0.3 is 9.15 Å². The van der Waals surface area contributed by atoms with Crippen LogP contribution in [0.4, 0.5) is 0 Å². The van der Waals surface area contributed by atoms with Gasteiger partial charge in [0.15, 0.2) is 0 Å². The number of furan rings is 1. The highest BCUT2D eigenvalue weighted by molar-refractivity contribution is 5.73. The van der Waals surface area contributed by atoms with Crippen LogP contribution < -0.4 is 4.74 Å². The molecular formula is C14H20N2O2. The first-order chi connectivity index (χ1) is 8.72. The average Bonchev–Trinajstić information content (AvgIpc) is 2.78. The van der Waals surface area contributed by atoms with Crippen LogP contribution in [0.3, 0.4) is 0 Å². The van der Waals surface area contributed by atoms with E-state index in [1.165, 1.54) is 0 Å². The lowest BCUT2D eigenvalue weighted by atomic mass is 10.2. The number of hydrogen-bond acceptors (Lipinski definition) is 4. The second kappa shape index (κ2) is 5.85. The van der Waals surface area contributed by atoms with Gasteiger partial charge in [-0.1, -0.05) is 20.3 Å². The van der Waals surface area contributed by atoms with E-state index in [0.717, 1.165) is 36.8 Å². The molecule has 0 saturated carbocycles. The summed E-state index contributed by atoms with van der Waals surface area (Å²) in [6.07, 6.45) is 6.06. The molecule has 2 rings (SSSR count). The van der Waals surface area contributed by atoms with Crippen LogP contribution in [0.2, 0.25) is 0 Å². The van der Waals surface area contributed by atoms with Gasteiger partial charge in [-0.05, 0) is 25.8 Å². The lowest BCUT2D eigenvalue weighted by Gasteiger charge is -2.09. The van der Waals surface area contributed by atoms with Gasteiger partial charge in [-0.3, -0.25) is 0 Å². The molecule has 0 N–H and O–H groups in total. The van der Waals surface area contributed by atoms with E-state index in [1.54, 1.807) is 6.20 Å². The Hall–Kier alpha value is -1.58. The quantitative estimate of drug-likeness (QED) is 0.781. The molecule has 0 saturated heterocycles. The van der Waals surface area contributed by atoms with Crippen molar-refractivity contribution in [3.05, 3.63) is 18.0 Å². The number of ether oxygens (including phenoxy) is 1. The molecule has 0 aliphatic carbocycles. The van der Waals surface area contributed by atoms with Crippen LogP contribution in [0.15, 0.2) is 16.7 Å². The summed E-state index contributed by atoms with van der Waals surface area (Å²) in [6.45, 7) is 6.24. The largest absolute Gasteiger partial charge is 0.460 e. The van der Waals surface area contributed by atoms with Gasteiger partial charge in [0, 0.05) is 12.6 Å². The van der Waals surface area contributed by atoms with Crippen molar-refractivity contribution in [3.63, 3.8) is 0 Å². The number of rotatable bonds is 6. The molecule has 1 atom stereocenters. The zero-order valence-electron chi connectivity index (χ0n) is 11.3. The Morgan fingerprint density at radius 3 is 2.94 bits per heavy atom. The molecular weight excluding hydrogens is 228 g/mol. The summed E-state index contributed by atoms with van der Waals surface area (Å²) in [4.78, 5) is 8.49. The molecule has 0 aliphatic rings. The van der Waals surface area contributed by atoms with E-state index in [1.807, 2.05) is 13.0 Å². The lowest BCUT2D eigenvalue weighted by molar-refractivity contribution is 0.199. The van der Waals surface area contributed by atoms with E-state index in [9.17, 15) is 0 Å². The van der Waals surface area contributed by atoms with Gasteiger partial charge in [0.1, 0.15) is 5.76 Å². The van der Waals surface area contributed by atoms with Crippen LogP contribution in [0.5, 0.6) is 6.01 Å². The van der Waals surface area contributed by atoms with E-state index in [2.05, 4.69) is 23.8 Å². The monoisotopic (exact) mass is 248 g/mol. The van der Waals surface area contributed by atoms with E-state index in [4.69, 9.17) is 9.15 Å². The minimum absolute atomic E-state index is 0.122. The summed E-state index contributed by atoms with van der Waals surface area (Å²) in [7, 11) is 0. The van der Waals surface area contributed by atoms with Crippen molar-refractivity contribution in [2.24, 2.45) is 0 Å². The van der Waals surface area contributed by atoms with Crippen molar-refractivity contribution < 1.29 is 9.15 Å². The Morgan fingerprint density at radius 2 is 2.22 bits per heavy atom. The van der Waals surface area contributed by atoms with Crippen molar-refractivity contribution >= 4 is 11.1 Å². The number of nitrogens with zero attached hydrogens (tertiary/aromatic N) is 2. The normalized spacial score (nSPS) is 12.8. The molecule has 0 amide bonds. The summed E-state index contributed by atoms with van der Waals surface area (Å²) >= 11 is 0. The van der Waals surface area contributed by atoms with Crippen molar-refractivity contribution in [2.75, 3.05) is 0 Å². The summed E-state index contributed by atoms with van der Waals surface area (Å²) in [5.74, 6) is 0.974. The smallest absolute Gasteiger partial charge is 0.319 e. The van der Waals surface area contributed by atoms with Gasteiger partial charge in [-0.25, -0.2) is 4.98 Å². The minimum atomic E-state index is 0.122. The second-order valence-electron chi connectivity index (χ2n) is 4.57. The third-order valence-electron chi connectivity index (χ3n) is 2.96. The summed E-state index contributed by atoms with van der Waals surface area (Å²) in [5, 5.41) is 0.942. The third kappa shape index (κ3) is 3.00. The molecule has 0 bridgehead atoms. The number of unbranched alkanes of at least 4 members (excludes halogenated alkanes) is 1. The minimum Gasteiger partial charge on any atom is -0.460 e. The van der Waals surface area contributed by atoms with Crippen LogP contribution in [0.1, 0.15) is 45.8 Å². The highest BCUT2D eigenvalue weighted by Gasteiger charge is 2.09. The molecule has 98 valence electrons. The Balaban J connectivity index is 2.17. The Kier molecular flexibility index (Phi) is 4.18. The van der Waals surface area contributed by atoms with E-state index < -0.39 is 0 Å². The Bertz CT molecular complexity index is 507. The molecule has 18 heavy (non-hydrogen) atoms. The predicted molar refractivity (Wildman–Crippen MR) is 70.8 cm³/mol. The highest BCUT2D eigenvalue weighted by atomic mass is 16.5.